The third-order valence-electron chi connectivity index (χ3n) is 3.96. The number of nitrogens with one attached hydrogen (secondary N) is 1. The molecular formula is C19H28N2O4. The summed E-state index contributed by atoms with van der Waals surface area (Å²) in [5.41, 5.74) is -0.127. The van der Waals surface area contributed by atoms with Gasteiger partial charge in [-0.2, -0.15) is 0 Å². The lowest BCUT2D eigenvalue weighted by Crippen LogP contribution is -2.58. The Kier molecular flexibility index (Phi) is 5.93. The molecule has 1 N–H and O–H groups in total. The van der Waals surface area contributed by atoms with Gasteiger partial charge in [-0.25, -0.2) is 9.59 Å². The second kappa shape index (κ2) is 7.76. The number of piperidine rings is 1. The third kappa shape index (κ3) is 6.29. The average Bonchev–Trinajstić information content (AvgIpc) is 2.51. The SMILES string of the molecule is CC(C)(C)OC(=O)N[C@]1(C)CCCN(C(=O)OCc2ccccc2)C1. The highest BCUT2D eigenvalue weighted by Crippen LogP contribution is 2.22. The Morgan fingerprint density at radius 2 is 1.92 bits per heavy atom. The molecule has 0 saturated carbocycles. The normalized spacial score (nSPS) is 20.7. The summed E-state index contributed by atoms with van der Waals surface area (Å²) >= 11 is 0. The van der Waals surface area contributed by atoms with Crippen LogP contribution >= 0.6 is 0 Å². The lowest BCUT2D eigenvalue weighted by atomic mass is 9.91. The van der Waals surface area contributed by atoms with Crippen molar-refractivity contribution < 1.29 is 19.1 Å². The van der Waals surface area contributed by atoms with Crippen LogP contribution in [-0.4, -0.2) is 41.3 Å². The highest BCUT2D eigenvalue weighted by Gasteiger charge is 2.36. The summed E-state index contributed by atoms with van der Waals surface area (Å²) in [7, 11) is 0. The highest BCUT2D eigenvalue weighted by molar-refractivity contribution is 5.70. The zero-order valence-electron chi connectivity index (χ0n) is 15.5. The minimum Gasteiger partial charge on any atom is -0.445 e. The predicted molar refractivity (Wildman–Crippen MR) is 95.2 cm³/mol. The van der Waals surface area contributed by atoms with Crippen molar-refractivity contribution in [1.82, 2.24) is 10.2 Å². The molecule has 6 nitrogen and oxygen atoms in total. The molecule has 2 rings (SSSR count). The van der Waals surface area contributed by atoms with E-state index in [1.54, 1.807) is 4.90 Å². The first kappa shape index (κ1) is 19.1. The molecule has 0 aromatic heterocycles. The molecule has 1 fully saturated rings. The van der Waals surface area contributed by atoms with Crippen LogP contribution in [-0.2, 0) is 16.1 Å². The first-order valence-electron chi connectivity index (χ1n) is 8.64. The lowest BCUT2D eigenvalue weighted by Gasteiger charge is -2.40. The molecule has 1 aliphatic rings. The molecule has 138 valence electrons. The third-order valence-corrected chi connectivity index (χ3v) is 3.96. The molecule has 1 heterocycles. The fourth-order valence-electron chi connectivity index (χ4n) is 2.86. The number of ether oxygens (including phenoxy) is 2. The number of carbonyl (C=O) groups excluding carboxylic acids is 2. The number of hydrogen-bond acceptors (Lipinski definition) is 4. The second-order valence-electron chi connectivity index (χ2n) is 7.75. The maximum Gasteiger partial charge on any atom is 0.410 e. The first-order chi connectivity index (χ1) is 11.7. The van der Waals surface area contributed by atoms with E-state index in [2.05, 4.69) is 5.32 Å². The lowest BCUT2D eigenvalue weighted by molar-refractivity contribution is 0.0350. The Labute approximate surface area is 149 Å². The highest BCUT2D eigenvalue weighted by atomic mass is 16.6. The number of amides is 2. The molecule has 0 aliphatic carbocycles. The van der Waals surface area contributed by atoms with Crippen LogP contribution in [0.5, 0.6) is 0 Å². The standard InChI is InChI=1S/C19H28N2O4/c1-18(2,3)25-16(22)20-19(4)11-8-12-21(14-19)17(23)24-13-15-9-6-5-7-10-15/h5-7,9-10H,8,11-14H2,1-4H3,(H,20,22)/t19-/m1/s1. The van der Waals surface area contributed by atoms with Gasteiger partial charge in [0.25, 0.3) is 0 Å². The number of rotatable bonds is 3. The molecule has 1 aromatic rings. The van der Waals surface area contributed by atoms with Gasteiger partial charge in [-0.1, -0.05) is 30.3 Å². The van der Waals surface area contributed by atoms with Crippen molar-refractivity contribution in [2.75, 3.05) is 13.1 Å². The van der Waals surface area contributed by atoms with Gasteiger partial charge in [0.05, 0.1) is 5.54 Å². The van der Waals surface area contributed by atoms with Crippen molar-refractivity contribution in [3.05, 3.63) is 35.9 Å². The number of nitrogens with zero attached hydrogens (tertiary/aromatic N) is 1. The van der Waals surface area contributed by atoms with Crippen LogP contribution in [0.4, 0.5) is 9.59 Å². The van der Waals surface area contributed by atoms with Crippen molar-refractivity contribution in [2.24, 2.45) is 0 Å². The van der Waals surface area contributed by atoms with E-state index in [-0.39, 0.29) is 12.7 Å². The Morgan fingerprint density at radius 1 is 1.24 bits per heavy atom. The van der Waals surface area contributed by atoms with E-state index < -0.39 is 17.2 Å². The van der Waals surface area contributed by atoms with Gasteiger partial charge in [0.2, 0.25) is 0 Å². The van der Waals surface area contributed by atoms with Crippen LogP contribution in [0, 0.1) is 0 Å². The van der Waals surface area contributed by atoms with E-state index in [4.69, 9.17) is 9.47 Å². The molecule has 0 radical (unpaired) electrons. The number of carbonyl (C=O) groups is 2. The molecule has 1 saturated heterocycles. The Morgan fingerprint density at radius 3 is 2.56 bits per heavy atom. The summed E-state index contributed by atoms with van der Waals surface area (Å²) in [6, 6.07) is 9.57. The smallest absolute Gasteiger partial charge is 0.410 e. The van der Waals surface area contributed by atoms with E-state index in [0.717, 1.165) is 18.4 Å². The molecule has 1 atom stereocenters. The summed E-state index contributed by atoms with van der Waals surface area (Å²) in [6.45, 7) is 8.66. The van der Waals surface area contributed by atoms with Gasteiger partial charge < -0.3 is 19.7 Å². The fraction of sp³-hybridized carbons (Fsp3) is 0.579. The van der Waals surface area contributed by atoms with Crippen LogP contribution in [0.3, 0.4) is 0 Å². The summed E-state index contributed by atoms with van der Waals surface area (Å²) in [5, 5.41) is 2.90. The predicted octanol–water partition coefficient (Wildman–Crippen LogP) is 3.70. The van der Waals surface area contributed by atoms with Crippen LogP contribution in [0.1, 0.15) is 46.1 Å². The zero-order chi connectivity index (χ0) is 18.5. The fourth-order valence-corrected chi connectivity index (χ4v) is 2.86. The van der Waals surface area contributed by atoms with Crippen LogP contribution in [0.25, 0.3) is 0 Å². The van der Waals surface area contributed by atoms with Gasteiger partial charge >= 0.3 is 12.2 Å². The van der Waals surface area contributed by atoms with E-state index in [0.29, 0.717) is 13.1 Å². The molecule has 1 aliphatic heterocycles. The van der Waals surface area contributed by atoms with Crippen molar-refractivity contribution in [1.29, 1.82) is 0 Å². The molecule has 2 amide bonds. The Balaban J connectivity index is 1.88. The van der Waals surface area contributed by atoms with Crippen molar-refractivity contribution in [2.45, 2.75) is 58.3 Å². The molecule has 6 heteroatoms. The number of likely N-dealkylation sites (tertiary alicyclic amines) is 1. The maximum absolute atomic E-state index is 12.3. The van der Waals surface area contributed by atoms with E-state index in [9.17, 15) is 9.59 Å². The summed E-state index contributed by atoms with van der Waals surface area (Å²) < 4.78 is 10.7. The van der Waals surface area contributed by atoms with Gasteiger partial charge in [-0.05, 0) is 46.1 Å². The first-order valence-corrected chi connectivity index (χ1v) is 8.64. The summed E-state index contributed by atoms with van der Waals surface area (Å²) in [4.78, 5) is 26.0. The number of hydrogen-bond donors (Lipinski definition) is 1. The molecule has 0 spiro atoms. The minimum absolute atomic E-state index is 0.242. The molecule has 1 aromatic carbocycles. The largest absolute Gasteiger partial charge is 0.445 e. The van der Waals surface area contributed by atoms with Gasteiger partial charge in [-0.15, -0.1) is 0 Å². The van der Waals surface area contributed by atoms with Gasteiger partial charge in [0.15, 0.2) is 0 Å². The second-order valence-corrected chi connectivity index (χ2v) is 7.75. The summed E-state index contributed by atoms with van der Waals surface area (Å²) in [6.07, 6.45) is 0.761. The van der Waals surface area contributed by atoms with Crippen LogP contribution in [0.15, 0.2) is 30.3 Å². The average molecular weight is 348 g/mol. The Bertz CT molecular complexity index is 597. The monoisotopic (exact) mass is 348 g/mol. The van der Waals surface area contributed by atoms with Crippen molar-refractivity contribution in [3.63, 3.8) is 0 Å². The number of alkyl carbamates (subject to hydrolysis) is 1. The van der Waals surface area contributed by atoms with Gasteiger partial charge in [0.1, 0.15) is 12.2 Å². The van der Waals surface area contributed by atoms with Crippen molar-refractivity contribution in [3.8, 4) is 0 Å². The van der Waals surface area contributed by atoms with Gasteiger partial charge in [-0.3, -0.25) is 0 Å². The number of benzene rings is 1. The molecular weight excluding hydrogens is 320 g/mol. The zero-order valence-corrected chi connectivity index (χ0v) is 15.5. The van der Waals surface area contributed by atoms with Crippen molar-refractivity contribution >= 4 is 12.2 Å². The van der Waals surface area contributed by atoms with Crippen LogP contribution in [0.2, 0.25) is 0 Å². The quantitative estimate of drug-likeness (QED) is 0.904. The maximum atomic E-state index is 12.3. The van der Waals surface area contributed by atoms with E-state index >= 15 is 0 Å². The Hall–Kier alpha value is -2.24. The van der Waals surface area contributed by atoms with Crippen LogP contribution < -0.4 is 5.32 Å². The van der Waals surface area contributed by atoms with E-state index in [1.807, 2.05) is 58.0 Å². The topological polar surface area (TPSA) is 67.9 Å². The summed E-state index contributed by atoms with van der Waals surface area (Å²) in [5.74, 6) is 0. The molecule has 25 heavy (non-hydrogen) atoms. The minimum atomic E-state index is -0.552. The molecule has 0 unspecified atom stereocenters. The molecule has 0 bridgehead atoms. The van der Waals surface area contributed by atoms with Gasteiger partial charge in [0, 0.05) is 13.1 Å². The van der Waals surface area contributed by atoms with E-state index in [1.165, 1.54) is 0 Å².